The maximum absolute atomic E-state index is 6.21. The summed E-state index contributed by atoms with van der Waals surface area (Å²) in [5.74, 6) is 0.547. The molecule has 2 aliphatic carbocycles. The fraction of sp³-hybridized carbons (Fsp3) is 0.640. The number of anilines is 1. The summed E-state index contributed by atoms with van der Waals surface area (Å²) in [5.41, 5.74) is 2.34. The Morgan fingerprint density at radius 3 is 2.20 bits per heavy atom. The van der Waals surface area contributed by atoms with E-state index in [-0.39, 0.29) is 0 Å². The minimum Gasteiger partial charge on any atom is -0.389 e. The van der Waals surface area contributed by atoms with Crippen molar-refractivity contribution in [1.82, 2.24) is 5.06 Å². The molecule has 5 nitrogen and oxygen atoms in total. The molecule has 164 valence electrons. The monoisotopic (exact) mass is 411 g/mol. The largest absolute Gasteiger partial charge is 0.389 e. The zero-order valence-electron chi connectivity index (χ0n) is 18.7. The van der Waals surface area contributed by atoms with Crippen molar-refractivity contribution < 1.29 is 9.57 Å². The van der Waals surface area contributed by atoms with Gasteiger partial charge in [-0.2, -0.15) is 5.06 Å². The van der Waals surface area contributed by atoms with Gasteiger partial charge in [-0.3, -0.25) is 0 Å². The molecule has 1 saturated heterocycles. The van der Waals surface area contributed by atoms with Crippen LogP contribution in [0.1, 0.15) is 83.6 Å². The summed E-state index contributed by atoms with van der Waals surface area (Å²) in [6.07, 6.45) is 14.3. The van der Waals surface area contributed by atoms with Gasteiger partial charge in [0, 0.05) is 24.9 Å². The Kier molecular flexibility index (Phi) is 7.19. The summed E-state index contributed by atoms with van der Waals surface area (Å²) in [7, 11) is 0. The minimum atomic E-state index is 0.371. The Balaban J connectivity index is 1.51. The molecule has 1 aliphatic heterocycles. The summed E-state index contributed by atoms with van der Waals surface area (Å²) in [5, 5.41) is 1.98. The van der Waals surface area contributed by atoms with E-state index in [0.717, 1.165) is 44.3 Å². The van der Waals surface area contributed by atoms with Gasteiger partial charge >= 0.3 is 12.0 Å². The molecule has 1 aromatic rings. The Labute approximate surface area is 181 Å². The van der Waals surface area contributed by atoms with Crippen molar-refractivity contribution in [2.45, 2.75) is 90.1 Å². The highest BCUT2D eigenvalue weighted by Gasteiger charge is 2.35. The van der Waals surface area contributed by atoms with Crippen molar-refractivity contribution in [3.8, 4) is 0 Å². The molecule has 0 atom stereocenters. The van der Waals surface area contributed by atoms with Gasteiger partial charge in [-0.1, -0.05) is 50.7 Å². The first-order valence-corrected chi connectivity index (χ1v) is 12.1. The molecule has 0 aromatic heterocycles. The molecule has 0 bridgehead atoms. The van der Waals surface area contributed by atoms with Crippen LogP contribution in [0.25, 0.3) is 6.08 Å². The van der Waals surface area contributed by atoms with E-state index in [0.29, 0.717) is 24.1 Å². The summed E-state index contributed by atoms with van der Waals surface area (Å²) in [6.45, 7) is 6.40. The summed E-state index contributed by atoms with van der Waals surface area (Å²) in [4.78, 5) is 13.5. The molecule has 2 saturated carbocycles. The summed E-state index contributed by atoms with van der Waals surface area (Å²) < 4.78 is 6.16. The van der Waals surface area contributed by atoms with Crippen molar-refractivity contribution in [3.63, 3.8) is 0 Å². The first-order valence-electron chi connectivity index (χ1n) is 12.1. The predicted octanol–water partition coefficient (Wildman–Crippen LogP) is 6.12. The van der Waals surface area contributed by atoms with Crippen LogP contribution in [0.3, 0.4) is 0 Å². The third-order valence-electron chi connectivity index (χ3n) is 6.65. The van der Waals surface area contributed by atoms with Gasteiger partial charge in [-0.15, -0.1) is 0 Å². The lowest BCUT2D eigenvalue weighted by atomic mass is 9.95. The standard InChI is InChI=1S/C25H37N3O2/c1-3-27(4-2)22-17-15-20(16-18-22)19-24-29-25(26-21-11-7-5-8-12-21)28(30-24)23-13-9-6-10-14-23/h15-19,21,23H,3-14H2,1-2H3/b24-19-,26-25+. The van der Waals surface area contributed by atoms with Crippen molar-refractivity contribution in [1.29, 1.82) is 0 Å². The molecule has 30 heavy (non-hydrogen) atoms. The second-order valence-electron chi connectivity index (χ2n) is 8.74. The van der Waals surface area contributed by atoms with Crippen LogP contribution in [0.4, 0.5) is 5.69 Å². The van der Waals surface area contributed by atoms with Gasteiger partial charge in [0.1, 0.15) is 0 Å². The number of benzene rings is 1. The molecule has 0 amide bonds. The molecule has 3 fully saturated rings. The van der Waals surface area contributed by atoms with E-state index in [1.54, 1.807) is 0 Å². The van der Waals surface area contributed by atoms with E-state index >= 15 is 0 Å². The van der Waals surface area contributed by atoms with Crippen LogP contribution in [0.15, 0.2) is 35.2 Å². The second kappa shape index (κ2) is 10.2. The van der Waals surface area contributed by atoms with Crippen molar-refractivity contribution >= 4 is 17.8 Å². The number of hydrogen-bond donors (Lipinski definition) is 0. The Bertz CT molecular complexity index is 727. The topological polar surface area (TPSA) is 37.3 Å². The average molecular weight is 412 g/mol. The normalized spacial score (nSPS) is 23.6. The van der Waals surface area contributed by atoms with Crippen LogP contribution in [-0.2, 0) is 9.57 Å². The van der Waals surface area contributed by atoms with Crippen LogP contribution in [0, 0.1) is 0 Å². The third kappa shape index (κ3) is 5.11. The Hall–Kier alpha value is -2.17. The number of ether oxygens (including phenoxy) is 1. The fourth-order valence-electron chi connectivity index (χ4n) is 4.85. The highest BCUT2D eigenvalue weighted by Crippen LogP contribution is 2.31. The van der Waals surface area contributed by atoms with E-state index in [2.05, 4.69) is 43.0 Å². The van der Waals surface area contributed by atoms with Gasteiger partial charge in [0.15, 0.2) is 0 Å². The van der Waals surface area contributed by atoms with E-state index in [1.165, 1.54) is 44.2 Å². The predicted molar refractivity (Wildman–Crippen MR) is 123 cm³/mol. The van der Waals surface area contributed by atoms with E-state index in [4.69, 9.17) is 14.6 Å². The van der Waals surface area contributed by atoms with Gasteiger partial charge in [-0.05, 0) is 57.2 Å². The maximum Gasteiger partial charge on any atom is 0.330 e. The van der Waals surface area contributed by atoms with E-state index in [9.17, 15) is 0 Å². The van der Waals surface area contributed by atoms with Gasteiger partial charge in [0.25, 0.3) is 0 Å². The van der Waals surface area contributed by atoms with Crippen LogP contribution in [-0.4, -0.2) is 36.3 Å². The van der Waals surface area contributed by atoms with Gasteiger partial charge in [-0.25, -0.2) is 4.99 Å². The number of nitrogens with zero attached hydrogens (tertiary/aromatic N) is 3. The molecular weight excluding hydrogens is 374 g/mol. The van der Waals surface area contributed by atoms with Gasteiger partial charge < -0.3 is 14.5 Å². The van der Waals surface area contributed by atoms with Crippen molar-refractivity contribution in [3.05, 3.63) is 35.8 Å². The summed E-state index contributed by atoms with van der Waals surface area (Å²) in [6, 6.07) is 10.0. The second-order valence-corrected chi connectivity index (χ2v) is 8.74. The lowest BCUT2D eigenvalue weighted by Crippen LogP contribution is -2.37. The lowest BCUT2D eigenvalue weighted by molar-refractivity contribution is -0.0797. The molecule has 5 heteroatoms. The molecule has 0 radical (unpaired) electrons. The fourth-order valence-corrected chi connectivity index (χ4v) is 4.85. The molecule has 0 unspecified atom stereocenters. The highest BCUT2D eigenvalue weighted by molar-refractivity contribution is 5.77. The molecule has 0 N–H and O–H groups in total. The Morgan fingerprint density at radius 1 is 0.933 bits per heavy atom. The number of amidine groups is 1. The minimum absolute atomic E-state index is 0.371. The third-order valence-corrected chi connectivity index (χ3v) is 6.65. The van der Waals surface area contributed by atoms with E-state index in [1.807, 2.05) is 11.1 Å². The molecular formula is C25H37N3O2. The lowest BCUT2D eigenvalue weighted by Gasteiger charge is -2.28. The van der Waals surface area contributed by atoms with Crippen LogP contribution >= 0.6 is 0 Å². The molecule has 3 aliphatic rings. The first kappa shape index (κ1) is 21.1. The van der Waals surface area contributed by atoms with Crippen LogP contribution < -0.4 is 4.90 Å². The average Bonchev–Trinajstić information content (AvgIpc) is 3.19. The zero-order valence-corrected chi connectivity index (χ0v) is 18.7. The van der Waals surface area contributed by atoms with Crippen molar-refractivity contribution in [2.75, 3.05) is 18.0 Å². The van der Waals surface area contributed by atoms with Crippen molar-refractivity contribution in [2.24, 2.45) is 4.99 Å². The molecule has 1 aromatic carbocycles. The zero-order chi connectivity index (χ0) is 20.8. The first-order chi connectivity index (χ1) is 14.8. The number of hydroxylamine groups is 2. The van der Waals surface area contributed by atoms with E-state index < -0.39 is 0 Å². The highest BCUT2D eigenvalue weighted by atomic mass is 16.9. The van der Waals surface area contributed by atoms with Crippen LogP contribution in [0.5, 0.6) is 0 Å². The molecule has 1 heterocycles. The number of aliphatic imine (C=N–C) groups is 1. The number of hydrogen-bond acceptors (Lipinski definition) is 4. The molecule has 4 rings (SSSR count). The Morgan fingerprint density at radius 2 is 1.57 bits per heavy atom. The smallest absolute Gasteiger partial charge is 0.330 e. The molecule has 0 spiro atoms. The van der Waals surface area contributed by atoms with Crippen LogP contribution in [0.2, 0.25) is 0 Å². The summed E-state index contributed by atoms with van der Waals surface area (Å²) >= 11 is 0. The van der Waals surface area contributed by atoms with Gasteiger partial charge in [0.2, 0.25) is 0 Å². The maximum atomic E-state index is 6.21. The quantitative estimate of drug-likeness (QED) is 0.565. The number of rotatable bonds is 6. The SMILES string of the molecule is CCN(CC)c1ccc(/C=C2/O/C(=N/C3CCCCC3)N(C3CCCCC3)O2)cc1. The van der Waals surface area contributed by atoms with Gasteiger partial charge in [0.05, 0.1) is 12.1 Å².